The molecule has 204 valence electrons. The van der Waals surface area contributed by atoms with Gasteiger partial charge in [-0.2, -0.15) is 0 Å². The number of aromatic carboxylic acids is 1. The standard InChI is InChI=1S/C30H26N2O7S/c1-5-38-29(36)25-17(3)31-30-32(26(25)21-9-6-7-12-22(21)37-4)27(33)24(40-30)15-18-13-14-23(39-18)19-10-8-11-20(16(19)2)28(34)35/h6-15,26H,5H2,1-4H3,(H,34,35)/p-1/b24-15-/t26-/m1/s1. The summed E-state index contributed by atoms with van der Waals surface area (Å²) in [7, 11) is 1.53. The first-order valence-corrected chi connectivity index (χ1v) is 13.3. The van der Waals surface area contributed by atoms with Crippen LogP contribution in [0.1, 0.15) is 47.1 Å². The highest BCUT2D eigenvalue weighted by Gasteiger charge is 2.35. The van der Waals surface area contributed by atoms with Gasteiger partial charge in [-0.05, 0) is 44.5 Å². The third-order valence-corrected chi connectivity index (χ3v) is 7.65. The van der Waals surface area contributed by atoms with Crippen LogP contribution < -0.4 is 24.7 Å². The molecule has 0 radical (unpaired) electrons. The van der Waals surface area contributed by atoms with E-state index >= 15 is 0 Å². The van der Waals surface area contributed by atoms with E-state index in [4.69, 9.17) is 13.9 Å². The van der Waals surface area contributed by atoms with Crippen molar-refractivity contribution in [3.05, 3.63) is 108 Å². The Balaban J connectivity index is 1.65. The highest BCUT2D eigenvalue weighted by Crippen LogP contribution is 2.35. The van der Waals surface area contributed by atoms with E-state index in [2.05, 4.69) is 4.99 Å². The summed E-state index contributed by atoms with van der Waals surface area (Å²) in [6.07, 6.45) is 1.61. The maximum absolute atomic E-state index is 13.8. The fourth-order valence-corrected chi connectivity index (χ4v) is 5.83. The number of fused-ring (bicyclic) bond motifs is 1. The lowest BCUT2D eigenvalue weighted by atomic mass is 9.95. The molecule has 9 nitrogen and oxygen atoms in total. The highest BCUT2D eigenvalue weighted by atomic mass is 32.1. The van der Waals surface area contributed by atoms with Gasteiger partial charge in [-0.15, -0.1) is 0 Å². The SMILES string of the molecule is CCOC(=O)C1=C(C)N=c2s/c(=C\c3ccc(-c4cccc(C(=O)[O-])c4C)o3)c(=O)n2[C@@H]1c1ccccc1OC. The van der Waals surface area contributed by atoms with Crippen LogP contribution in [-0.4, -0.2) is 30.2 Å². The average Bonchev–Trinajstić information content (AvgIpc) is 3.52. The smallest absolute Gasteiger partial charge is 0.338 e. The first kappa shape index (κ1) is 26.9. The minimum Gasteiger partial charge on any atom is -0.545 e. The van der Waals surface area contributed by atoms with Gasteiger partial charge in [-0.1, -0.05) is 47.7 Å². The van der Waals surface area contributed by atoms with Gasteiger partial charge in [0.05, 0.1) is 35.5 Å². The van der Waals surface area contributed by atoms with Gasteiger partial charge in [0.15, 0.2) is 4.80 Å². The molecule has 0 saturated heterocycles. The molecule has 1 atom stereocenters. The van der Waals surface area contributed by atoms with Gasteiger partial charge in [-0.3, -0.25) is 9.36 Å². The molecule has 40 heavy (non-hydrogen) atoms. The second-order valence-electron chi connectivity index (χ2n) is 9.01. The Bertz CT molecular complexity index is 1860. The van der Waals surface area contributed by atoms with Crippen LogP contribution in [0.3, 0.4) is 0 Å². The second-order valence-corrected chi connectivity index (χ2v) is 10.0. The minimum atomic E-state index is -1.27. The Kier molecular flexibility index (Phi) is 7.27. The molecule has 0 spiro atoms. The zero-order valence-corrected chi connectivity index (χ0v) is 23.0. The van der Waals surface area contributed by atoms with E-state index in [1.807, 2.05) is 12.1 Å². The predicted molar refractivity (Wildman–Crippen MR) is 147 cm³/mol. The Labute approximate surface area is 232 Å². The third-order valence-electron chi connectivity index (χ3n) is 6.67. The zero-order chi connectivity index (χ0) is 28.6. The lowest BCUT2D eigenvalue weighted by molar-refractivity contribution is -0.255. The number of nitrogens with zero attached hydrogens (tertiary/aromatic N) is 2. The van der Waals surface area contributed by atoms with E-state index in [1.54, 1.807) is 63.2 Å². The van der Waals surface area contributed by atoms with Crippen LogP contribution in [0, 0.1) is 6.92 Å². The number of aromatic nitrogens is 1. The quantitative estimate of drug-likeness (QED) is 0.320. The molecule has 2 aromatic carbocycles. The molecule has 0 N–H and O–H groups in total. The third kappa shape index (κ3) is 4.66. The molecule has 1 aliphatic heterocycles. The van der Waals surface area contributed by atoms with Crippen molar-refractivity contribution >= 4 is 29.4 Å². The van der Waals surface area contributed by atoms with Gasteiger partial charge in [0.1, 0.15) is 23.3 Å². The van der Waals surface area contributed by atoms with Crippen molar-refractivity contribution < 1.29 is 28.6 Å². The van der Waals surface area contributed by atoms with Crippen LogP contribution in [-0.2, 0) is 9.53 Å². The van der Waals surface area contributed by atoms with Crippen molar-refractivity contribution in [3.63, 3.8) is 0 Å². The van der Waals surface area contributed by atoms with Crippen LogP contribution in [0.25, 0.3) is 17.4 Å². The molecule has 10 heteroatoms. The van der Waals surface area contributed by atoms with Crippen molar-refractivity contribution in [3.8, 4) is 17.1 Å². The number of carboxylic acid groups (broad SMARTS) is 1. The summed E-state index contributed by atoms with van der Waals surface area (Å²) in [5.74, 6) is -0.461. The number of allylic oxidation sites excluding steroid dienone is 1. The summed E-state index contributed by atoms with van der Waals surface area (Å²) in [6, 6.07) is 14.7. The highest BCUT2D eigenvalue weighted by molar-refractivity contribution is 7.07. The number of carbonyl (C=O) groups excluding carboxylic acids is 2. The van der Waals surface area contributed by atoms with Crippen molar-refractivity contribution in [1.29, 1.82) is 0 Å². The number of ether oxygens (including phenoxy) is 2. The van der Waals surface area contributed by atoms with Crippen LogP contribution in [0.5, 0.6) is 5.75 Å². The molecule has 0 aliphatic carbocycles. The van der Waals surface area contributed by atoms with Crippen LogP contribution in [0.4, 0.5) is 0 Å². The summed E-state index contributed by atoms with van der Waals surface area (Å²) in [5.41, 5.74) is 2.17. The molecule has 0 fully saturated rings. The molecule has 0 saturated carbocycles. The lowest BCUT2D eigenvalue weighted by Gasteiger charge is -2.25. The summed E-state index contributed by atoms with van der Waals surface area (Å²) >= 11 is 1.17. The van der Waals surface area contributed by atoms with Crippen molar-refractivity contribution in [2.24, 2.45) is 4.99 Å². The molecule has 5 rings (SSSR count). The normalized spacial score (nSPS) is 15.0. The average molecular weight is 558 g/mol. The number of benzene rings is 2. The molecule has 1 aliphatic rings. The molecule has 0 bridgehead atoms. The number of hydrogen-bond donors (Lipinski definition) is 0. The van der Waals surface area contributed by atoms with Gasteiger partial charge in [0, 0.05) is 22.8 Å². The topological polar surface area (TPSA) is 123 Å². The zero-order valence-electron chi connectivity index (χ0n) is 22.2. The maximum Gasteiger partial charge on any atom is 0.338 e. The summed E-state index contributed by atoms with van der Waals surface area (Å²) in [6.45, 7) is 5.29. The first-order valence-electron chi connectivity index (χ1n) is 12.5. The Morgan fingerprint density at radius 2 is 1.90 bits per heavy atom. The maximum atomic E-state index is 13.8. The predicted octanol–water partition coefficient (Wildman–Crippen LogP) is 2.74. The number of furan rings is 1. The Morgan fingerprint density at radius 1 is 1.12 bits per heavy atom. The van der Waals surface area contributed by atoms with E-state index < -0.39 is 18.0 Å². The van der Waals surface area contributed by atoms with E-state index in [0.717, 1.165) is 0 Å². The van der Waals surface area contributed by atoms with Crippen LogP contribution in [0.2, 0.25) is 0 Å². The fraction of sp³-hybridized carbons (Fsp3) is 0.200. The Hall–Kier alpha value is -4.70. The van der Waals surface area contributed by atoms with Crippen molar-refractivity contribution in [2.45, 2.75) is 26.8 Å². The van der Waals surface area contributed by atoms with Gasteiger partial charge in [0.25, 0.3) is 5.56 Å². The summed E-state index contributed by atoms with van der Waals surface area (Å²) in [5, 5.41) is 11.4. The molecular formula is C30H25N2O7S-. The van der Waals surface area contributed by atoms with E-state index in [-0.39, 0.29) is 23.3 Å². The van der Waals surface area contributed by atoms with E-state index in [1.165, 1.54) is 29.1 Å². The van der Waals surface area contributed by atoms with Crippen LogP contribution in [0.15, 0.2) is 80.1 Å². The largest absolute Gasteiger partial charge is 0.545 e. The number of rotatable bonds is 7. The Morgan fingerprint density at radius 3 is 2.62 bits per heavy atom. The van der Waals surface area contributed by atoms with Gasteiger partial charge in [0.2, 0.25) is 0 Å². The van der Waals surface area contributed by atoms with E-state index in [9.17, 15) is 19.5 Å². The van der Waals surface area contributed by atoms with Gasteiger partial charge < -0.3 is 23.8 Å². The van der Waals surface area contributed by atoms with Crippen LogP contribution >= 0.6 is 11.3 Å². The number of hydrogen-bond acceptors (Lipinski definition) is 9. The number of carboxylic acids is 1. The monoisotopic (exact) mass is 557 g/mol. The molecule has 2 aromatic heterocycles. The number of carbonyl (C=O) groups is 2. The number of esters is 1. The van der Waals surface area contributed by atoms with E-state index in [0.29, 0.717) is 49.0 Å². The summed E-state index contributed by atoms with van der Waals surface area (Å²) in [4.78, 5) is 43.4. The van der Waals surface area contributed by atoms with Gasteiger partial charge >= 0.3 is 5.97 Å². The van der Waals surface area contributed by atoms with Crippen molar-refractivity contribution in [2.75, 3.05) is 13.7 Å². The summed E-state index contributed by atoms with van der Waals surface area (Å²) < 4.78 is 18.7. The molecule has 0 unspecified atom stereocenters. The fourth-order valence-electron chi connectivity index (χ4n) is 4.81. The molecule has 3 heterocycles. The molecule has 0 amide bonds. The minimum absolute atomic E-state index is 0.0767. The molecule has 4 aromatic rings. The first-order chi connectivity index (χ1) is 19.2. The number of para-hydroxylation sites is 1. The number of methoxy groups -OCH3 is 1. The van der Waals surface area contributed by atoms with Crippen molar-refractivity contribution in [1.82, 2.24) is 4.57 Å². The number of thiazole rings is 1. The second kappa shape index (κ2) is 10.8. The van der Waals surface area contributed by atoms with Gasteiger partial charge in [-0.25, -0.2) is 9.79 Å². The lowest BCUT2D eigenvalue weighted by Crippen LogP contribution is -2.40. The molecular weight excluding hydrogens is 532 g/mol.